The van der Waals surface area contributed by atoms with Crippen molar-refractivity contribution in [2.45, 2.75) is 97.8 Å². The Hall–Kier alpha value is 0.290. The first-order valence-corrected chi connectivity index (χ1v) is 7.84. The Bertz CT molecular complexity index is 127. The molecule has 17 heavy (non-hydrogen) atoms. The minimum absolute atomic E-state index is 0.0278. The first-order valence-electron chi connectivity index (χ1n) is 7.46. The Morgan fingerprint density at radius 1 is 0.824 bits per heavy atom. The number of rotatable bonds is 8. The van der Waals surface area contributed by atoms with Crippen molar-refractivity contribution in [3.05, 3.63) is 0 Å². The molecule has 0 spiro atoms. The van der Waals surface area contributed by atoms with E-state index >= 15 is 0 Å². The van der Waals surface area contributed by atoms with Crippen LogP contribution >= 0.6 is 11.6 Å². The first kappa shape index (κ1) is 19.6. The van der Waals surface area contributed by atoms with Gasteiger partial charge in [0.25, 0.3) is 0 Å². The molecule has 0 aliphatic carbocycles. The van der Waals surface area contributed by atoms with Crippen molar-refractivity contribution in [3.8, 4) is 0 Å². The van der Waals surface area contributed by atoms with Gasteiger partial charge in [-0.25, -0.2) is 0 Å². The van der Waals surface area contributed by atoms with E-state index in [0.29, 0.717) is 0 Å². The molecular weight excluding hydrogens is 228 g/mol. The molecule has 0 amide bonds. The number of halogens is 1. The quantitative estimate of drug-likeness (QED) is 0.333. The van der Waals surface area contributed by atoms with Crippen molar-refractivity contribution in [1.29, 1.82) is 0 Å². The zero-order chi connectivity index (χ0) is 13.7. The molecule has 0 N–H and O–H groups in total. The van der Waals surface area contributed by atoms with Gasteiger partial charge in [-0.15, -0.1) is 11.6 Å². The van der Waals surface area contributed by atoms with Crippen LogP contribution in [-0.4, -0.2) is 4.87 Å². The van der Waals surface area contributed by atoms with Crippen LogP contribution < -0.4 is 0 Å². The highest BCUT2D eigenvalue weighted by atomic mass is 35.5. The minimum atomic E-state index is -0.0278. The summed E-state index contributed by atoms with van der Waals surface area (Å²) in [5.41, 5.74) is 0. The van der Waals surface area contributed by atoms with Crippen molar-refractivity contribution in [2.75, 3.05) is 0 Å². The minimum Gasteiger partial charge on any atom is -0.120 e. The lowest BCUT2D eigenvalue weighted by Gasteiger charge is -2.03. The van der Waals surface area contributed by atoms with E-state index in [0.717, 1.165) is 5.92 Å². The fraction of sp³-hybridized carbons (Fsp3) is 1.00. The standard InChI is InChI=1S/C12H26.C4H9Cl/c1-4-5-6-7-8-9-10-11-12(2)3;1-4(2,3)5/h12H,4-11H2,1-3H3;1-3H3. The average molecular weight is 263 g/mol. The Morgan fingerprint density at radius 3 is 1.53 bits per heavy atom. The number of alkyl halides is 1. The maximum atomic E-state index is 5.53. The van der Waals surface area contributed by atoms with Crippen molar-refractivity contribution in [1.82, 2.24) is 0 Å². The molecule has 0 radical (unpaired) electrons. The predicted molar refractivity (Wildman–Crippen MR) is 83.1 cm³/mol. The van der Waals surface area contributed by atoms with Gasteiger partial charge in [-0.05, 0) is 26.7 Å². The third kappa shape index (κ3) is 38.5. The zero-order valence-electron chi connectivity index (χ0n) is 13.1. The second kappa shape index (κ2) is 12.7. The van der Waals surface area contributed by atoms with Crippen LogP contribution in [0.5, 0.6) is 0 Å². The number of hydrogen-bond donors (Lipinski definition) is 0. The molecule has 0 bridgehead atoms. The van der Waals surface area contributed by atoms with Crippen molar-refractivity contribution < 1.29 is 0 Å². The Morgan fingerprint density at radius 2 is 1.18 bits per heavy atom. The Kier molecular flexibility index (Phi) is 14.7. The fourth-order valence-corrected chi connectivity index (χ4v) is 1.51. The maximum absolute atomic E-state index is 5.53. The third-order valence-electron chi connectivity index (χ3n) is 2.39. The van der Waals surface area contributed by atoms with Crippen LogP contribution in [0.2, 0.25) is 0 Å². The highest BCUT2D eigenvalue weighted by Crippen LogP contribution is 2.11. The van der Waals surface area contributed by atoms with Crippen molar-refractivity contribution >= 4 is 11.6 Å². The molecule has 0 saturated carbocycles. The van der Waals surface area contributed by atoms with Gasteiger partial charge < -0.3 is 0 Å². The van der Waals surface area contributed by atoms with Crippen LogP contribution in [0.15, 0.2) is 0 Å². The monoisotopic (exact) mass is 262 g/mol. The maximum Gasteiger partial charge on any atom is 0.0362 e. The summed E-state index contributed by atoms with van der Waals surface area (Å²) in [5, 5.41) is 0. The summed E-state index contributed by atoms with van der Waals surface area (Å²) < 4.78 is 0. The van der Waals surface area contributed by atoms with Gasteiger partial charge in [-0.1, -0.05) is 72.1 Å². The van der Waals surface area contributed by atoms with E-state index < -0.39 is 0 Å². The molecule has 0 aromatic heterocycles. The molecule has 0 nitrogen and oxygen atoms in total. The van der Waals surface area contributed by atoms with E-state index in [1.54, 1.807) is 0 Å². The molecule has 0 saturated heterocycles. The van der Waals surface area contributed by atoms with Gasteiger partial charge in [-0.3, -0.25) is 0 Å². The lowest BCUT2D eigenvalue weighted by Crippen LogP contribution is -1.99. The van der Waals surface area contributed by atoms with Crippen molar-refractivity contribution in [2.24, 2.45) is 5.92 Å². The van der Waals surface area contributed by atoms with Gasteiger partial charge in [0.1, 0.15) is 0 Å². The normalized spacial score (nSPS) is 11.3. The topological polar surface area (TPSA) is 0 Å². The molecule has 0 aliphatic heterocycles. The molecule has 1 heteroatoms. The number of unbranched alkanes of at least 4 members (excludes halogenated alkanes) is 6. The highest BCUT2D eigenvalue weighted by molar-refractivity contribution is 6.23. The van der Waals surface area contributed by atoms with Crippen LogP contribution in [0.1, 0.15) is 92.9 Å². The smallest absolute Gasteiger partial charge is 0.0362 e. The van der Waals surface area contributed by atoms with E-state index in [4.69, 9.17) is 11.6 Å². The molecule has 0 rings (SSSR count). The van der Waals surface area contributed by atoms with Gasteiger partial charge in [0.05, 0.1) is 0 Å². The summed E-state index contributed by atoms with van der Waals surface area (Å²) >= 11 is 5.53. The molecule has 106 valence electrons. The zero-order valence-corrected chi connectivity index (χ0v) is 13.9. The third-order valence-corrected chi connectivity index (χ3v) is 2.39. The average Bonchev–Trinajstić information content (AvgIpc) is 2.13. The summed E-state index contributed by atoms with van der Waals surface area (Å²) in [5.74, 6) is 0.903. The number of hydrogen-bond acceptors (Lipinski definition) is 0. The van der Waals surface area contributed by atoms with E-state index in [9.17, 15) is 0 Å². The SMILES string of the molecule is CC(C)(C)Cl.CCCCCCCCCC(C)C. The highest BCUT2D eigenvalue weighted by Gasteiger charge is 1.99. The largest absolute Gasteiger partial charge is 0.120 e. The molecule has 0 atom stereocenters. The van der Waals surface area contributed by atoms with Crippen LogP contribution in [0.3, 0.4) is 0 Å². The Labute approximate surface area is 116 Å². The van der Waals surface area contributed by atoms with Crippen LogP contribution in [0, 0.1) is 5.92 Å². The summed E-state index contributed by atoms with van der Waals surface area (Å²) in [6.45, 7) is 12.8. The van der Waals surface area contributed by atoms with Crippen LogP contribution in [0.4, 0.5) is 0 Å². The Balaban J connectivity index is 0. The summed E-state index contributed by atoms with van der Waals surface area (Å²) in [4.78, 5) is -0.0278. The van der Waals surface area contributed by atoms with Crippen LogP contribution in [0.25, 0.3) is 0 Å². The fourth-order valence-electron chi connectivity index (χ4n) is 1.51. The molecule has 0 aromatic carbocycles. The van der Waals surface area contributed by atoms with Gasteiger partial charge in [0.2, 0.25) is 0 Å². The summed E-state index contributed by atoms with van der Waals surface area (Å²) in [6.07, 6.45) is 11.5. The van der Waals surface area contributed by atoms with Crippen LogP contribution in [-0.2, 0) is 0 Å². The first-order chi connectivity index (χ1) is 7.77. The van der Waals surface area contributed by atoms with Crippen molar-refractivity contribution in [3.63, 3.8) is 0 Å². The molecule has 0 fully saturated rings. The molecule has 0 unspecified atom stereocenters. The predicted octanol–water partition coefficient (Wildman–Crippen LogP) is 6.81. The second-order valence-electron chi connectivity index (χ2n) is 6.37. The summed E-state index contributed by atoms with van der Waals surface area (Å²) in [7, 11) is 0. The lowest BCUT2D eigenvalue weighted by molar-refractivity contribution is 0.511. The molecule has 0 aliphatic rings. The van der Waals surface area contributed by atoms with Gasteiger partial charge in [0, 0.05) is 4.87 Å². The second-order valence-corrected chi connectivity index (χ2v) is 7.50. The van der Waals surface area contributed by atoms with E-state index in [-0.39, 0.29) is 4.87 Å². The van der Waals surface area contributed by atoms with Gasteiger partial charge in [-0.2, -0.15) is 0 Å². The molecular formula is C16H35Cl. The summed E-state index contributed by atoms with van der Waals surface area (Å²) in [6, 6.07) is 0. The van der Waals surface area contributed by atoms with E-state index in [2.05, 4.69) is 20.8 Å². The molecule has 0 heterocycles. The van der Waals surface area contributed by atoms with Gasteiger partial charge in [0.15, 0.2) is 0 Å². The lowest BCUT2D eigenvalue weighted by atomic mass is 10.0. The van der Waals surface area contributed by atoms with E-state index in [1.165, 1.54) is 51.4 Å². The molecule has 0 aromatic rings. The van der Waals surface area contributed by atoms with E-state index in [1.807, 2.05) is 20.8 Å². The van der Waals surface area contributed by atoms with Gasteiger partial charge >= 0.3 is 0 Å².